The van der Waals surface area contributed by atoms with Gasteiger partial charge in [-0.05, 0) is 59.9 Å². The van der Waals surface area contributed by atoms with Crippen molar-refractivity contribution >= 4 is 22.8 Å². The summed E-state index contributed by atoms with van der Waals surface area (Å²) in [7, 11) is 0. The number of nitrogens with zero attached hydrogens (tertiary/aromatic N) is 2. The summed E-state index contributed by atoms with van der Waals surface area (Å²) in [4.78, 5) is 14.8. The van der Waals surface area contributed by atoms with Crippen LogP contribution in [-0.2, 0) is 4.79 Å². The van der Waals surface area contributed by atoms with Gasteiger partial charge in [0.1, 0.15) is 5.82 Å². The molecular weight excluding hydrogens is 342 g/mol. The fourth-order valence-corrected chi connectivity index (χ4v) is 4.61. The average Bonchev–Trinajstić information content (AvgIpc) is 3.15. The number of hydrogen-bond donors (Lipinski definition) is 1. The van der Waals surface area contributed by atoms with Crippen molar-refractivity contribution in [2.45, 2.75) is 32.1 Å². The molecule has 1 atom stereocenters. The Kier molecular flexibility index (Phi) is 4.14. The quantitative estimate of drug-likeness (QED) is 0.863. The monoisotopic (exact) mass is 361 g/mol. The molecule has 2 aliphatic rings. The molecule has 1 aromatic carbocycles. The molecule has 0 spiro atoms. The normalized spacial score (nSPS) is 20.2. The van der Waals surface area contributed by atoms with E-state index in [2.05, 4.69) is 6.07 Å². The summed E-state index contributed by atoms with van der Waals surface area (Å²) in [6.45, 7) is 2.02. The second kappa shape index (κ2) is 6.47. The molecule has 0 radical (unpaired) electrons. The number of carbonyl (C=O) groups excluding carboxylic acids is 1. The molecule has 2 aromatic rings. The highest BCUT2D eigenvalue weighted by atomic mass is 32.1. The van der Waals surface area contributed by atoms with Crippen LogP contribution in [0.3, 0.4) is 0 Å². The van der Waals surface area contributed by atoms with Crippen LogP contribution in [0.2, 0.25) is 0 Å². The molecule has 1 aliphatic carbocycles. The highest BCUT2D eigenvalue weighted by Crippen LogP contribution is 2.46. The average molecular weight is 361 g/mol. The van der Waals surface area contributed by atoms with Crippen molar-refractivity contribution in [3.05, 3.63) is 74.9 Å². The first-order valence-electron chi connectivity index (χ1n) is 8.66. The van der Waals surface area contributed by atoms with Gasteiger partial charge in [-0.1, -0.05) is 12.1 Å². The molecule has 0 fully saturated rings. The van der Waals surface area contributed by atoms with Crippen LogP contribution in [-0.4, -0.2) is 5.78 Å². The van der Waals surface area contributed by atoms with Gasteiger partial charge in [0.25, 0.3) is 0 Å². The number of ketones is 1. The zero-order valence-corrected chi connectivity index (χ0v) is 15.3. The first kappa shape index (κ1) is 16.6. The van der Waals surface area contributed by atoms with Crippen molar-refractivity contribution in [3.63, 3.8) is 0 Å². The van der Waals surface area contributed by atoms with E-state index < -0.39 is 0 Å². The number of Topliss-reactive ketones (excluding diaryl/α,β-unsaturated/α-hetero) is 1. The van der Waals surface area contributed by atoms with E-state index in [1.807, 2.05) is 52.9 Å². The maximum absolute atomic E-state index is 12.9. The number of thiophene rings is 1. The molecule has 4 nitrogen and oxygen atoms in total. The first-order chi connectivity index (χ1) is 12.6. The van der Waals surface area contributed by atoms with Gasteiger partial charge in [-0.2, -0.15) is 16.6 Å². The maximum Gasteiger partial charge on any atom is 0.161 e. The number of rotatable bonds is 2. The highest BCUT2D eigenvalue weighted by Gasteiger charge is 2.40. The molecule has 0 bridgehead atoms. The van der Waals surface area contributed by atoms with E-state index in [1.54, 1.807) is 11.3 Å². The predicted octanol–water partition coefficient (Wildman–Crippen LogP) is 4.36. The Morgan fingerprint density at radius 1 is 1.31 bits per heavy atom. The van der Waals surface area contributed by atoms with Gasteiger partial charge in [0.2, 0.25) is 0 Å². The molecule has 0 unspecified atom stereocenters. The van der Waals surface area contributed by atoms with Crippen molar-refractivity contribution in [2.24, 2.45) is 5.73 Å². The van der Waals surface area contributed by atoms with Crippen molar-refractivity contribution in [1.29, 1.82) is 5.26 Å². The Labute approximate surface area is 156 Å². The number of hydrogen-bond acceptors (Lipinski definition) is 5. The molecule has 0 saturated heterocycles. The van der Waals surface area contributed by atoms with Crippen LogP contribution in [0.1, 0.15) is 36.3 Å². The van der Waals surface area contributed by atoms with Gasteiger partial charge >= 0.3 is 0 Å². The van der Waals surface area contributed by atoms with Gasteiger partial charge in [0.05, 0.1) is 17.6 Å². The lowest BCUT2D eigenvalue weighted by molar-refractivity contribution is -0.116. The van der Waals surface area contributed by atoms with Crippen molar-refractivity contribution in [3.8, 4) is 6.07 Å². The third kappa shape index (κ3) is 2.54. The highest BCUT2D eigenvalue weighted by molar-refractivity contribution is 7.08. The maximum atomic E-state index is 12.9. The summed E-state index contributed by atoms with van der Waals surface area (Å²) in [6, 6.07) is 12.3. The number of nitrogens with two attached hydrogens (primary N) is 1. The SMILES string of the molecule is Cc1cccc(N2C(N)=C(C#N)[C@@H](c3ccsc3)C3=C2CCCC3=O)c1. The summed E-state index contributed by atoms with van der Waals surface area (Å²) in [5, 5.41) is 13.9. The third-order valence-electron chi connectivity index (χ3n) is 5.05. The minimum atomic E-state index is -0.352. The van der Waals surface area contributed by atoms with E-state index in [-0.39, 0.29) is 11.7 Å². The molecule has 1 aromatic heterocycles. The van der Waals surface area contributed by atoms with Crippen molar-refractivity contribution < 1.29 is 4.79 Å². The lowest BCUT2D eigenvalue weighted by Gasteiger charge is -2.39. The Balaban J connectivity index is 1.98. The van der Waals surface area contributed by atoms with Gasteiger partial charge in [-0.15, -0.1) is 0 Å². The summed E-state index contributed by atoms with van der Waals surface area (Å²) >= 11 is 1.57. The summed E-state index contributed by atoms with van der Waals surface area (Å²) in [5.41, 5.74) is 11.6. The van der Waals surface area contributed by atoms with E-state index in [1.165, 1.54) is 0 Å². The molecule has 130 valence electrons. The Hall–Kier alpha value is -2.84. The zero-order chi connectivity index (χ0) is 18.3. The number of benzene rings is 1. The second-order valence-corrected chi connectivity index (χ2v) is 7.49. The van der Waals surface area contributed by atoms with Crippen LogP contribution in [0, 0.1) is 18.3 Å². The minimum absolute atomic E-state index is 0.125. The number of allylic oxidation sites excluding steroid dienone is 3. The largest absolute Gasteiger partial charge is 0.384 e. The molecule has 2 N–H and O–H groups in total. The van der Waals surface area contributed by atoms with Crippen LogP contribution >= 0.6 is 11.3 Å². The second-order valence-electron chi connectivity index (χ2n) is 6.71. The number of aryl methyl sites for hydroxylation is 1. The lowest BCUT2D eigenvalue weighted by atomic mass is 9.76. The molecule has 4 rings (SSSR count). The summed E-state index contributed by atoms with van der Waals surface area (Å²) in [5.74, 6) is 0.207. The van der Waals surface area contributed by atoms with Crippen molar-refractivity contribution in [2.75, 3.05) is 4.90 Å². The molecule has 5 heteroatoms. The summed E-state index contributed by atoms with van der Waals surface area (Å²) in [6.07, 6.45) is 2.13. The Bertz CT molecular complexity index is 979. The Morgan fingerprint density at radius 2 is 2.15 bits per heavy atom. The Morgan fingerprint density at radius 3 is 2.85 bits per heavy atom. The molecule has 0 saturated carbocycles. The van der Waals surface area contributed by atoms with E-state index >= 15 is 0 Å². The van der Waals surface area contributed by atoms with E-state index in [0.29, 0.717) is 17.8 Å². The lowest BCUT2D eigenvalue weighted by Crippen LogP contribution is -2.38. The topological polar surface area (TPSA) is 70.1 Å². The van der Waals surface area contributed by atoms with E-state index in [4.69, 9.17) is 5.73 Å². The third-order valence-corrected chi connectivity index (χ3v) is 5.75. The van der Waals surface area contributed by atoms with Crippen LogP contribution in [0.15, 0.2) is 63.8 Å². The van der Waals surface area contributed by atoms with Gasteiger partial charge < -0.3 is 5.73 Å². The van der Waals surface area contributed by atoms with E-state index in [0.717, 1.165) is 40.9 Å². The molecule has 0 amide bonds. The zero-order valence-electron chi connectivity index (χ0n) is 14.5. The van der Waals surface area contributed by atoms with Gasteiger partial charge in [-0.3, -0.25) is 9.69 Å². The minimum Gasteiger partial charge on any atom is -0.384 e. The van der Waals surface area contributed by atoms with Gasteiger partial charge in [-0.25, -0.2) is 0 Å². The standard InChI is InChI=1S/C21H19N3OS/c1-13-4-2-5-15(10-13)24-17-6-3-7-18(25)20(17)19(14-8-9-26-12-14)16(11-22)21(24)23/h2,4-5,8-10,12,19H,3,6-7,23H2,1H3/t19-/m1/s1. The van der Waals surface area contributed by atoms with Crippen LogP contribution in [0.25, 0.3) is 0 Å². The van der Waals surface area contributed by atoms with Gasteiger partial charge in [0, 0.05) is 23.4 Å². The predicted molar refractivity (Wildman–Crippen MR) is 103 cm³/mol. The smallest absolute Gasteiger partial charge is 0.161 e. The molecule has 2 heterocycles. The van der Waals surface area contributed by atoms with Crippen LogP contribution in [0.4, 0.5) is 5.69 Å². The van der Waals surface area contributed by atoms with E-state index in [9.17, 15) is 10.1 Å². The fraction of sp³-hybridized carbons (Fsp3) is 0.238. The molecule has 26 heavy (non-hydrogen) atoms. The molecule has 1 aliphatic heterocycles. The van der Waals surface area contributed by atoms with Crippen LogP contribution in [0.5, 0.6) is 0 Å². The number of nitriles is 1. The van der Waals surface area contributed by atoms with Crippen LogP contribution < -0.4 is 10.6 Å². The first-order valence-corrected chi connectivity index (χ1v) is 9.61. The fourth-order valence-electron chi connectivity index (χ4n) is 3.92. The van der Waals surface area contributed by atoms with Crippen molar-refractivity contribution in [1.82, 2.24) is 0 Å². The van der Waals surface area contributed by atoms with Gasteiger partial charge in [0.15, 0.2) is 5.78 Å². The number of anilines is 1. The molecular formula is C21H19N3OS. The number of carbonyl (C=O) groups is 1. The summed E-state index contributed by atoms with van der Waals surface area (Å²) < 4.78 is 0.